The Kier molecular flexibility index (Phi) is 5.88. The van der Waals surface area contributed by atoms with Crippen molar-refractivity contribution in [3.05, 3.63) is 40.8 Å². The van der Waals surface area contributed by atoms with Crippen molar-refractivity contribution in [1.29, 1.82) is 0 Å². The molecule has 3 heterocycles. The number of carbonyl (C=O) groups excluding carboxylic acids is 1. The number of aryl methyl sites for hydroxylation is 2. The van der Waals surface area contributed by atoms with Gasteiger partial charge in [0.25, 0.3) is 0 Å². The summed E-state index contributed by atoms with van der Waals surface area (Å²) in [6.07, 6.45) is 12.0. The maximum absolute atomic E-state index is 12.7. The van der Waals surface area contributed by atoms with E-state index in [1.54, 1.807) is 6.08 Å². The molecule has 6 nitrogen and oxygen atoms in total. The van der Waals surface area contributed by atoms with Gasteiger partial charge in [-0.15, -0.1) is 0 Å². The Morgan fingerprint density at radius 1 is 1.10 bits per heavy atom. The maximum atomic E-state index is 12.7. The van der Waals surface area contributed by atoms with E-state index in [-0.39, 0.29) is 11.8 Å². The molecule has 1 aliphatic carbocycles. The van der Waals surface area contributed by atoms with Crippen LogP contribution in [-0.4, -0.2) is 38.6 Å². The highest BCUT2D eigenvalue weighted by molar-refractivity contribution is 5.92. The van der Waals surface area contributed by atoms with Crippen LogP contribution in [0.3, 0.4) is 0 Å². The molecule has 4 rings (SSSR count). The van der Waals surface area contributed by atoms with Gasteiger partial charge in [-0.1, -0.05) is 24.4 Å². The lowest BCUT2D eigenvalue weighted by atomic mass is 9.95. The predicted molar refractivity (Wildman–Crippen MR) is 113 cm³/mol. The largest absolute Gasteiger partial charge is 0.346 e. The summed E-state index contributed by atoms with van der Waals surface area (Å²) in [5.74, 6) is 1.74. The zero-order valence-corrected chi connectivity index (χ0v) is 17.9. The number of carbonyl (C=O) groups is 1. The van der Waals surface area contributed by atoms with Crippen molar-refractivity contribution in [2.45, 2.75) is 77.7 Å². The Balaban J connectivity index is 1.37. The fourth-order valence-corrected chi connectivity index (χ4v) is 4.96. The quantitative estimate of drug-likeness (QED) is 0.702. The average molecular weight is 397 g/mol. The second kappa shape index (κ2) is 8.56. The number of rotatable bonds is 4. The second-order valence-corrected chi connectivity index (χ2v) is 8.60. The number of amides is 1. The molecule has 0 bridgehead atoms. The van der Waals surface area contributed by atoms with Crippen LogP contribution in [0, 0.1) is 20.8 Å². The van der Waals surface area contributed by atoms with Gasteiger partial charge in [-0.05, 0) is 64.2 Å². The molecular weight excluding hydrogens is 364 g/mol. The molecule has 1 saturated heterocycles. The Labute approximate surface area is 173 Å². The molecule has 1 amide bonds. The minimum absolute atomic E-state index is 0.0904. The molecule has 1 aliphatic heterocycles. The predicted octanol–water partition coefficient (Wildman–Crippen LogP) is 4.72. The van der Waals surface area contributed by atoms with Crippen molar-refractivity contribution < 1.29 is 9.32 Å². The fraction of sp³-hybridized carbons (Fsp3) is 0.609. The Bertz CT molecular complexity index is 881. The summed E-state index contributed by atoms with van der Waals surface area (Å²) >= 11 is 0. The highest BCUT2D eigenvalue weighted by Crippen LogP contribution is 2.32. The number of hydrogen-bond acceptors (Lipinski definition) is 4. The van der Waals surface area contributed by atoms with Crippen LogP contribution in [0.5, 0.6) is 0 Å². The van der Waals surface area contributed by atoms with Crippen LogP contribution < -0.4 is 0 Å². The molecule has 2 aliphatic rings. The third-order valence-corrected chi connectivity index (χ3v) is 6.57. The normalized spacial score (nSPS) is 19.3. The van der Waals surface area contributed by atoms with Gasteiger partial charge in [-0.3, -0.25) is 4.79 Å². The summed E-state index contributed by atoms with van der Waals surface area (Å²) in [6, 6.07) is 2.84. The lowest BCUT2D eigenvalue weighted by Gasteiger charge is -2.29. The van der Waals surface area contributed by atoms with Crippen LogP contribution >= 0.6 is 0 Å². The standard InChI is InChI=1S/C23H32N4O2/c1-16-15-20(17(2)27(16)21-7-5-4-6-8-21)9-10-22(28)26-13-11-19(12-14-26)23-24-18(3)25-29-23/h9-10,15,19,21H,4-8,11-14H2,1-3H3. The van der Waals surface area contributed by atoms with Crippen LogP contribution in [0.2, 0.25) is 0 Å². The van der Waals surface area contributed by atoms with Gasteiger partial charge in [0.15, 0.2) is 5.82 Å². The van der Waals surface area contributed by atoms with Crippen molar-refractivity contribution in [2.75, 3.05) is 13.1 Å². The van der Waals surface area contributed by atoms with E-state index in [2.05, 4.69) is 34.6 Å². The molecule has 0 spiro atoms. The highest BCUT2D eigenvalue weighted by Gasteiger charge is 2.26. The average Bonchev–Trinajstić information content (AvgIpc) is 3.29. The van der Waals surface area contributed by atoms with Crippen LogP contribution in [0.25, 0.3) is 6.08 Å². The molecule has 2 aromatic rings. The van der Waals surface area contributed by atoms with Crippen LogP contribution in [0.4, 0.5) is 0 Å². The monoisotopic (exact) mass is 396 g/mol. The first-order chi connectivity index (χ1) is 14.0. The van der Waals surface area contributed by atoms with Crippen molar-refractivity contribution in [3.63, 3.8) is 0 Å². The fourth-order valence-electron chi connectivity index (χ4n) is 4.96. The summed E-state index contributed by atoms with van der Waals surface area (Å²) in [7, 11) is 0. The third kappa shape index (κ3) is 4.31. The van der Waals surface area contributed by atoms with E-state index in [0.29, 0.717) is 17.8 Å². The molecule has 1 saturated carbocycles. The van der Waals surface area contributed by atoms with Crippen molar-refractivity contribution in [2.24, 2.45) is 0 Å². The van der Waals surface area contributed by atoms with Crippen molar-refractivity contribution in [3.8, 4) is 0 Å². The Morgan fingerprint density at radius 2 is 1.83 bits per heavy atom. The Hall–Kier alpha value is -2.37. The van der Waals surface area contributed by atoms with Gasteiger partial charge in [0.1, 0.15) is 0 Å². The lowest BCUT2D eigenvalue weighted by Crippen LogP contribution is -2.36. The number of piperidine rings is 1. The van der Waals surface area contributed by atoms with E-state index in [0.717, 1.165) is 31.5 Å². The van der Waals surface area contributed by atoms with Crippen LogP contribution in [0.15, 0.2) is 16.7 Å². The molecule has 0 radical (unpaired) electrons. The minimum atomic E-state index is 0.0904. The SMILES string of the molecule is Cc1noc(C2CCN(C(=O)C=Cc3cc(C)n(C4CCCCC4)c3C)CC2)n1. The number of aromatic nitrogens is 3. The van der Waals surface area contributed by atoms with Crippen LogP contribution in [0.1, 0.15) is 85.6 Å². The number of hydrogen-bond donors (Lipinski definition) is 0. The van der Waals surface area contributed by atoms with Gasteiger partial charge >= 0.3 is 0 Å². The maximum Gasteiger partial charge on any atom is 0.246 e. The van der Waals surface area contributed by atoms with Crippen molar-refractivity contribution in [1.82, 2.24) is 19.6 Å². The molecule has 6 heteroatoms. The van der Waals surface area contributed by atoms with Crippen LogP contribution in [-0.2, 0) is 4.79 Å². The van der Waals surface area contributed by atoms with E-state index in [1.165, 1.54) is 43.5 Å². The van der Waals surface area contributed by atoms with Gasteiger partial charge in [0.05, 0.1) is 0 Å². The van der Waals surface area contributed by atoms with E-state index >= 15 is 0 Å². The van der Waals surface area contributed by atoms with E-state index in [9.17, 15) is 4.79 Å². The summed E-state index contributed by atoms with van der Waals surface area (Å²) in [5.41, 5.74) is 3.75. The molecular formula is C23H32N4O2. The smallest absolute Gasteiger partial charge is 0.246 e. The van der Waals surface area contributed by atoms with Gasteiger partial charge in [0.2, 0.25) is 11.8 Å². The summed E-state index contributed by atoms with van der Waals surface area (Å²) < 4.78 is 7.79. The van der Waals surface area contributed by atoms with Crippen molar-refractivity contribution >= 4 is 12.0 Å². The topological polar surface area (TPSA) is 64.2 Å². The summed E-state index contributed by atoms with van der Waals surface area (Å²) in [4.78, 5) is 19.0. The van der Waals surface area contributed by atoms with Gasteiger partial charge in [-0.2, -0.15) is 4.98 Å². The molecule has 2 aromatic heterocycles. The zero-order valence-electron chi connectivity index (χ0n) is 17.9. The molecule has 0 aromatic carbocycles. The lowest BCUT2D eigenvalue weighted by molar-refractivity contribution is -0.127. The third-order valence-electron chi connectivity index (χ3n) is 6.57. The van der Waals surface area contributed by atoms with E-state index < -0.39 is 0 Å². The number of likely N-dealkylation sites (tertiary alicyclic amines) is 1. The van der Waals surface area contributed by atoms with E-state index in [1.807, 2.05) is 17.9 Å². The molecule has 29 heavy (non-hydrogen) atoms. The van der Waals surface area contributed by atoms with Gasteiger partial charge in [-0.25, -0.2) is 0 Å². The Morgan fingerprint density at radius 3 is 2.48 bits per heavy atom. The molecule has 156 valence electrons. The molecule has 0 unspecified atom stereocenters. The summed E-state index contributed by atoms with van der Waals surface area (Å²) in [6.45, 7) is 7.67. The zero-order chi connectivity index (χ0) is 20.4. The molecule has 0 atom stereocenters. The highest BCUT2D eigenvalue weighted by atomic mass is 16.5. The first-order valence-corrected chi connectivity index (χ1v) is 11.0. The van der Waals surface area contributed by atoms with Gasteiger partial charge in [0, 0.05) is 42.5 Å². The first kappa shape index (κ1) is 19.9. The molecule has 2 fully saturated rings. The second-order valence-electron chi connectivity index (χ2n) is 8.60. The minimum Gasteiger partial charge on any atom is -0.346 e. The molecule has 0 N–H and O–H groups in total. The van der Waals surface area contributed by atoms with Gasteiger partial charge < -0.3 is 14.0 Å². The first-order valence-electron chi connectivity index (χ1n) is 11.0. The summed E-state index contributed by atoms with van der Waals surface area (Å²) in [5, 5.41) is 3.88. The number of nitrogens with zero attached hydrogens (tertiary/aromatic N) is 4. The van der Waals surface area contributed by atoms with E-state index in [4.69, 9.17) is 4.52 Å².